The fourth-order valence-corrected chi connectivity index (χ4v) is 4.19. The first-order valence-electron chi connectivity index (χ1n) is 11.1. The first-order valence-corrected chi connectivity index (χ1v) is 11.1. The smallest absolute Gasteiger partial charge is 0.337 e. The van der Waals surface area contributed by atoms with Crippen molar-refractivity contribution in [1.29, 1.82) is 0 Å². The van der Waals surface area contributed by atoms with Crippen LogP contribution in [0.25, 0.3) is 0 Å². The molecule has 7 heteroatoms. The summed E-state index contributed by atoms with van der Waals surface area (Å²) in [5.74, 6) is 0.666. The number of phenolic OH excluding ortho intramolecular Hbond substituents is 1. The number of phenols is 1. The summed E-state index contributed by atoms with van der Waals surface area (Å²) >= 11 is 0. The van der Waals surface area contributed by atoms with E-state index in [1.807, 2.05) is 18.2 Å². The molecule has 0 saturated heterocycles. The summed E-state index contributed by atoms with van der Waals surface area (Å²) in [7, 11) is 2.82. The molecule has 0 heterocycles. The predicted octanol–water partition coefficient (Wildman–Crippen LogP) is 3.76. The SMILES string of the molecule is COC(=O)c1ccc(OC[C@@H](O)CN(Cc2ccccc2O)C2CCCCC2)c(OC)c1. The van der Waals surface area contributed by atoms with Crippen LogP contribution in [0.3, 0.4) is 0 Å². The number of para-hydroxylation sites is 1. The van der Waals surface area contributed by atoms with Crippen molar-refractivity contribution in [3.8, 4) is 17.2 Å². The van der Waals surface area contributed by atoms with Gasteiger partial charge in [-0.2, -0.15) is 0 Å². The van der Waals surface area contributed by atoms with Gasteiger partial charge in [0.1, 0.15) is 18.5 Å². The number of carbonyl (C=O) groups excluding carboxylic acids is 1. The summed E-state index contributed by atoms with van der Waals surface area (Å²) in [4.78, 5) is 14.0. The van der Waals surface area contributed by atoms with Crippen LogP contribution < -0.4 is 9.47 Å². The quantitative estimate of drug-likeness (QED) is 0.541. The summed E-state index contributed by atoms with van der Waals surface area (Å²) in [6, 6.07) is 12.5. The number of esters is 1. The highest BCUT2D eigenvalue weighted by atomic mass is 16.5. The van der Waals surface area contributed by atoms with E-state index in [0.29, 0.717) is 36.2 Å². The Balaban J connectivity index is 1.65. The largest absolute Gasteiger partial charge is 0.508 e. The molecule has 3 rings (SSSR count). The van der Waals surface area contributed by atoms with E-state index in [1.165, 1.54) is 33.5 Å². The molecule has 2 aromatic carbocycles. The molecular formula is C25H33NO6. The lowest BCUT2D eigenvalue weighted by Crippen LogP contribution is -2.42. The molecule has 2 aromatic rings. The van der Waals surface area contributed by atoms with Crippen LogP contribution in [0, 0.1) is 0 Å². The molecule has 1 aliphatic rings. The number of methoxy groups -OCH3 is 2. The minimum Gasteiger partial charge on any atom is -0.508 e. The molecule has 1 fully saturated rings. The maximum Gasteiger partial charge on any atom is 0.337 e. The summed E-state index contributed by atoms with van der Waals surface area (Å²) in [6.07, 6.45) is 5.05. The zero-order chi connectivity index (χ0) is 22.9. The van der Waals surface area contributed by atoms with Gasteiger partial charge in [0.25, 0.3) is 0 Å². The zero-order valence-corrected chi connectivity index (χ0v) is 18.8. The highest BCUT2D eigenvalue weighted by Gasteiger charge is 2.24. The van der Waals surface area contributed by atoms with Crippen LogP contribution in [0.1, 0.15) is 48.0 Å². The summed E-state index contributed by atoms with van der Waals surface area (Å²) in [5.41, 5.74) is 1.22. The molecule has 32 heavy (non-hydrogen) atoms. The van der Waals surface area contributed by atoms with Crippen LogP contribution in [-0.2, 0) is 11.3 Å². The average molecular weight is 444 g/mol. The maximum atomic E-state index is 11.7. The number of benzene rings is 2. The molecule has 174 valence electrons. The van der Waals surface area contributed by atoms with Gasteiger partial charge in [0, 0.05) is 24.7 Å². The Morgan fingerprint density at radius 2 is 1.84 bits per heavy atom. The number of carbonyl (C=O) groups is 1. The monoisotopic (exact) mass is 443 g/mol. The summed E-state index contributed by atoms with van der Waals surface area (Å²) in [5, 5.41) is 21.0. The minimum absolute atomic E-state index is 0.0813. The number of ether oxygens (including phenoxy) is 3. The van der Waals surface area contributed by atoms with E-state index in [9.17, 15) is 15.0 Å². The van der Waals surface area contributed by atoms with Crippen molar-refractivity contribution in [2.45, 2.75) is 50.8 Å². The number of aromatic hydroxyl groups is 1. The maximum absolute atomic E-state index is 11.7. The second-order valence-electron chi connectivity index (χ2n) is 8.17. The third-order valence-electron chi connectivity index (χ3n) is 5.92. The van der Waals surface area contributed by atoms with E-state index in [0.717, 1.165) is 18.4 Å². The van der Waals surface area contributed by atoms with Crippen LogP contribution in [0.15, 0.2) is 42.5 Å². The van der Waals surface area contributed by atoms with E-state index in [2.05, 4.69) is 4.90 Å². The van der Waals surface area contributed by atoms with Gasteiger partial charge in [0.2, 0.25) is 0 Å². The van der Waals surface area contributed by atoms with Crippen molar-refractivity contribution in [2.24, 2.45) is 0 Å². The summed E-state index contributed by atoms with van der Waals surface area (Å²) < 4.78 is 15.9. The molecule has 0 unspecified atom stereocenters. The van der Waals surface area contributed by atoms with E-state index < -0.39 is 12.1 Å². The topological polar surface area (TPSA) is 88.5 Å². The van der Waals surface area contributed by atoms with Gasteiger partial charge >= 0.3 is 5.97 Å². The van der Waals surface area contributed by atoms with E-state index in [4.69, 9.17) is 14.2 Å². The summed E-state index contributed by atoms with van der Waals surface area (Å²) in [6.45, 7) is 1.09. The first kappa shape index (κ1) is 23.9. The minimum atomic E-state index is -0.729. The molecule has 1 atom stereocenters. The lowest BCUT2D eigenvalue weighted by molar-refractivity contribution is 0.0389. The van der Waals surface area contributed by atoms with E-state index in [1.54, 1.807) is 24.3 Å². The molecule has 2 N–H and O–H groups in total. The lowest BCUT2D eigenvalue weighted by Gasteiger charge is -2.35. The molecule has 0 radical (unpaired) electrons. The van der Waals surface area contributed by atoms with Crippen molar-refractivity contribution in [3.05, 3.63) is 53.6 Å². The zero-order valence-electron chi connectivity index (χ0n) is 18.8. The Hall–Kier alpha value is -2.77. The van der Waals surface area contributed by atoms with Gasteiger partial charge in [0.05, 0.1) is 19.8 Å². The second-order valence-corrected chi connectivity index (χ2v) is 8.17. The fraction of sp³-hybridized carbons (Fsp3) is 0.480. The fourth-order valence-electron chi connectivity index (χ4n) is 4.19. The Bertz CT molecular complexity index is 880. The highest BCUT2D eigenvalue weighted by molar-refractivity contribution is 5.90. The molecular weight excluding hydrogens is 410 g/mol. The Kier molecular flexibility index (Phi) is 8.76. The molecule has 0 bridgehead atoms. The number of aliphatic hydroxyl groups excluding tert-OH is 1. The van der Waals surface area contributed by atoms with Gasteiger partial charge in [-0.05, 0) is 37.1 Å². The number of hydrogen-bond donors (Lipinski definition) is 2. The molecule has 0 aliphatic heterocycles. The van der Waals surface area contributed by atoms with Crippen LogP contribution in [0.4, 0.5) is 0 Å². The van der Waals surface area contributed by atoms with Gasteiger partial charge in [0.15, 0.2) is 11.5 Å². The Morgan fingerprint density at radius 1 is 1.09 bits per heavy atom. The van der Waals surface area contributed by atoms with E-state index >= 15 is 0 Å². The first-order chi connectivity index (χ1) is 15.5. The van der Waals surface area contributed by atoms with Crippen LogP contribution >= 0.6 is 0 Å². The van der Waals surface area contributed by atoms with Gasteiger partial charge in [-0.1, -0.05) is 37.5 Å². The molecule has 7 nitrogen and oxygen atoms in total. The normalized spacial score (nSPS) is 15.4. The number of nitrogens with zero attached hydrogens (tertiary/aromatic N) is 1. The molecule has 1 saturated carbocycles. The molecule has 1 aliphatic carbocycles. The second kappa shape index (κ2) is 11.7. The highest BCUT2D eigenvalue weighted by Crippen LogP contribution is 2.29. The van der Waals surface area contributed by atoms with Crippen molar-refractivity contribution in [1.82, 2.24) is 4.90 Å². The number of rotatable bonds is 10. The van der Waals surface area contributed by atoms with Gasteiger partial charge < -0.3 is 24.4 Å². The molecule has 0 spiro atoms. The van der Waals surface area contributed by atoms with Crippen molar-refractivity contribution >= 4 is 5.97 Å². The van der Waals surface area contributed by atoms with Crippen LogP contribution in [0.5, 0.6) is 17.2 Å². The van der Waals surface area contributed by atoms with Crippen molar-refractivity contribution < 1.29 is 29.2 Å². The standard InChI is InChI=1S/C25H33NO6/c1-30-24-14-18(25(29)31-2)12-13-23(24)32-17-21(27)16-26(20-9-4-3-5-10-20)15-19-8-6-7-11-22(19)28/h6-8,11-14,20-21,27-28H,3-5,9-10,15-17H2,1-2H3/t21-/m0/s1. The average Bonchev–Trinajstić information content (AvgIpc) is 2.83. The molecule has 0 amide bonds. The van der Waals surface area contributed by atoms with Gasteiger partial charge in [-0.25, -0.2) is 4.79 Å². The van der Waals surface area contributed by atoms with Crippen LogP contribution in [-0.4, -0.2) is 60.6 Å². The van der Waals surface area contributed by atoms with Gasteiger partial charge in [-0.3, -0.25) is 4.90 Å². The number of aliphatic hydroxyl groups is 1. The third kappa shape index (κ3) is 6.37. The van der Waals surface area contributed by atoms with E-state index in [-0.39, 0.29) is 12.4 Å². The van der Waals surface area contributed by atoms with Crippen LogP contribution in [0.2, 0.25) is 0 Å². The number of hydrogen-bond acceptors (Lipinski definition) is 7. The molecule has 0 aromatic heterocycles. The Labute approximate surface area is 189 Å². The van der Waals surface area contributed by atoms with Gasteiger partial charge in [-0.15, -0.1) is 0 Å². The Morgan fingerprint density at radius 3 is 2.53 bits per heavy atom. The lowest BCUT2D eigenvalue weighted by atomic mass is 9.93. The predicted molar refractivity (Wildman–Crippen MR) is 121 cm³/mol. The van der Waals surface area contributed by atoms with Crippen molar-refractivity contribution in [2.75, 3.05) is 27.4 Å². The van der Waals surface area contributed by atoms with Crippen molar-refractivity contribution in [3.63, 3.8) is 0 Å². The third-order valence-corrected chi connectivity index (χ3v) is 5.92.